The summed E-state index contributed by atoms with van der Waals surface area (Å²) in [5, 5.41) is 9.31. The molecule has 2 aliphatic carbocycles. The fraction of sp³-hybridized carbons (Fsp3) is 0.765. The van der Waals surface area contributed by atoms with Gasteiger partial charge in [0.1, 0.15) is 17.9 Å². The molecule has 0 amide bonds. The van der Waals surface area contributed by atoms with Crippen LogP contribution in [0.2, 0.25) is 10.4 Å². The molecule has 8 nitrogen and oxygen atoms in total. The van der Waals surface area contributed by atoms with Crippen molar-refractivity contribution in [1.82, 2.24) is 9.97 Å². The lowest BCUT2D eigenvalue weighted by atomic mass is 10.1. The molecule has 3 aliphatic rings. The second-order valence-corrected chi connectivity index (χ2v) is 8.05. The van der Waals surface area contributed by atoms with Crippen molar-refractivity contribution in [3.05, 3.63) is 10.4 Å². The van der Waals surface area contributed by atoms with Crippen molar-refractivity contribution < 1.29 is 19.3 Å². The molecule has 1 saturated heterocycles. The number of ether oxygens (including phenoxy) is 3. The molecule has 2 heterocycles. The second-order valence-electron chi connectivity index (χ2n) is 7.35. The average molecular weight is 419 g/mol. The fourth-order valence-electron chi connectivity index (χ4n) is 4.48. The van der Waals surface area contributed by atoms with E-state index in [9.17, 15) is 0 Å². The van der Waals surface area contributed by atoms with Crippen molar-refractivity contribution >= 4 is 34.7 Å². The molecular formula is C17H24Cl2N4O4. The van der Waals surface area contributed by atoms with E-state index < -0.39 is 5.79 Å². The van der Waals surface area contributed by atoms with Crippen LogP contribution >= 0.6 is 23.2 Å². The Hall–Kier alpha value is -0.900. The third-order valence-corrected chi connectivity index (χ3v) is 6.17. The number of aromatic nitrogens is 2. The maximum atomic E-state index is 9.15. The van der Waals surface area contributed by atoms with E-state index in [1.54, 1.807) is 0 Å². The lowest BCUT2D eigenvalue weighted by Crippen LogP contribution is -2.42. The van der Waals surface area contributed by atoms with Crippen LogP contribution in [-0.2, 0) is 14.2 Å². The number of halogens is 2. The molecule has 0 radical (unpaired) electrons. The Kier molecular flexibility index (Phi) is 5.39. The number of aliphatic hydroxyl groups is 1. The smallest absolute Gasteiger partial charge is 0.225 e. The normalized spacial score (nSPS) is 31.6. The van der Waals surface area contributed by atoms with Crippen molar-refractivity contribution in [3.63, 3.8) is 0 Å². The highest BCUT2D eigenvalue weighted by Gasteiger charge is 2.59. The molecule has 1 aromatic rings. The Labute approximate surface area is 167 Å². The Balaban J connectivity index is 1.61. The van der Waals surface area contributed by atoms with Crippen LogP contribution in [0.4, 0.5) is 11.5 Å². The number of likely N-dealkylation sites (N-methyl/N-ethyl adjacent to an activating group) is 1. The number of nitrogen functional groups attached to an aromatic ring is 1. The first-order valence-corrected chi connectivity index (χ1v) is 9.99. The maximum Gasteiger partial charge on any atom is 0.225 e. The van der Waals surface area contributed by atoms with Gasteiger partial charge in [0.15, 0.2) is 16.8 Å². The summed E-state index contributed by atoms with van der Waals surface area (Å²) >= 11 is 12.1. The first-order chi connectivity index (χ1) is 12.9. The first kappa shape index (κ1) is 19.4. The second kappa shape index (κ2) is 7.50. The summed E-state index contributed by atoms with van der Waals surface area (Å²) in [6, 6.07) is -0.0806. The van der Waals surface area contributed by atoms with Crippen molar-refractivity contribution in [3.8, 4) is 0 Å². The minimum absolute atomic E-state index is 0.0366. The summed E-state index contributed by atoms with van der Waals surface area (Å²) in [6.45, 7) is 0.221. The summed E-state index contributed by atoms with van der Waals surface area (Å²) in [5.74, 6) is -0.0649. The Morgan fingerprint density at radius 2 is 1.96 bits per heavy atom. The Morgan fingerprint density at radius 1 is 1.26 bits per heavy atom. The van der Waals surface area contributed by atoms with Gasteiger partial charge in [0, 0.05) is 19.9 Å². The zero-order chi connectivity index (χ0) is 19.2. The van der Waals surface area contributed by atoms with Gasteiger partial charge in [0.25, 0.3) is 0 Å². The van der Waals surface area contributed by atoms with Crippen molar-refractivity contribution in [1.29, 1.82) is 0 Å². The highest BCUT2D eigenvalue weighted by atomic mass is 35.5. The van der Waals surface area contributed by atoms with Crippen LogP contribution in [0.1, 0.15) is 32.1 Å². The quantitative estimate of drug-likeness (QED) is 0.552. The van der Waals surface area contributed by atoms with Crippen LogP contribution < -0.4 is 10.6 Å². The number of nitrogens with two attached hydrogens (primary N) is 1. The predicted molar refractivity (Wildman–Crippen MR) is 101 cm³/mol. The van der Waals surface area contributed by atoms with Gasteiger partial charge in [-0.1, -0.05) is 11.6 Å². The van der Waals surface area contributed by atoms with Gasteiger partial charge in [0.2, 0.25) is 5.28 Å². The molecule has 150 valence electrons. The number of rotatable bonds is 5. The van der Waals surface area contributed by atoms with E-state index in [0.29, 0.717) is 12.2 Å². The van der Waals surface area contributed by atoms with Crippen molar-refractivity contribution in [2.75, 3.05) is 30.9 Å². The van der Waals surface area contributed by atoms with Crippen molar-refractivity contribution in [2.45, 2.75) is 62.2 Å². The van der Waals surface area contributed by atoms with Gasteiger partial charge in [-0.2, -0.15) is 4.98 Å². The molecule has 1 aromatic heterocycles. The van der Waals surface area contributed by atoms with E-state index in [1.807, 2.05) is 11.9 Å². The van der Waals surface area contributed by atoms with Gasteiger partial charge in [-0.25, -0.2) is 4.98 Å². The van der Waals surface area contributed by atoms with Crippen LogP contribution in [0.5, 0.6) is 0 Å². The van der Waals surface area contributed by atoms with Gasteiger partial charge in [-0.05, 0) is 30.9 Å². The highest BCUT2D eigenvalue weighted by molar-refractivity contribution is 6.34. The molecule has 0 unspecified atom stereocenters. The Morgan fingerprint density at radius 3 is 2.67 bits per heavy atom. The molecule has 3 fully saturated rings. The lowest BCUT2D eigenvalue weighted by Gasteiger charge is -2.32. The van der Waals surface area contributed by atoms with E-state index in [4.69, 9.17) is 48.3 Å². The molecule has 0 aromatic carbocycles. The van der Waals surface area contributed by atoms with Gasteiger partial charge in [0.05, 0.1) is 25.4 Å². The number of aliphatic hydroxyl groups excluding tert-OH is 1. The minimum atomic E-state index is -0.526. The predicted octanol–water partition coefficient (Wildman–Crippen LogP) is 2.01. The molecule has 3 N–H and O–H groups in total. The van der Waals surface area contributed by atoms with Crippen LogP contribution in [0.25, 0.3) is 0 Å². The van der Waals surface area contributed by atoms with Gasteiger partial charge >= 0.3 is 0 Å². The zero-order valence-electron chi connectivity index (χ0n) is 15.1. The number of hydrogen-bond acceptors (Lipinski definition) is 8. The van der Waals surface area contributed by atoms with E-state index in [2.05, 4.69) is 9.97 Å². The van der Waals surface area contributed by atoms with E-state index in [1.165, 1.54) is 0 Å². The van der Waals surface area contributed by atoms with Gasteiger partial charge < -0.3 is 30.0 Å². The van der Waals surface area contributed by atoms with Crippen LogP contribution in [0.3, 0.4) is 0 Å². The third-order valence-electron chi connectivity index (χ3n) is 5.72. The molecule has 2 saturated carbocycles. The SMILES string of the molecule is CN(c1nc(Cl)nc(Cl)c1N)[C@@H]1C[C@H](OCCO)[C@H]2OC3(CCCC3)O[C@H]21. The lowest BCUT2D eigenvalue weighted by molar-refractivity contribution is -0.188. The van der Waals surface area contributed by atoms with Crippen LogP contribution in [0, 0.1) is 0 Å². The highest BCUT2D eigenvalue weighted by Crippen LogP contribution is 2.49. The topological polar surface area (TPSA) is 103 Å². The number of nitrogens with zero attached hydrogens (tertiary/aromatic N) is 3. The van der Waals surface area contributed by atoms with Gasteiger partial charge in [-0.3, -0.25) is 0 Å². The molecule has 27 heavy (non-hydrogen) atoms. The molecule has 4 rings (SSSR count). The summed E-state index contributed by atoms with van der Waals surface area (Å²) < 4.78 is 18.7. The molecule has 1 spiro atoms. The fourth-order valence-corrected chi connectivity index (χ4v) is 4.85. The maximum absolute atomic E-state index is 9.15. The largest absolute Gasteiger partial charge is 0.394 e. The first-order valence-electron chi connectivity index (χ1n) is 9.23. The number of fused-ring (bicyclic) bond motifs is 1. The van der Waals surface area contributed by atoms with E-state index in [0.717, 1.165) is 25.7 Å². The van der Waals surface area contributed by atoms with Gasteiger partial charge in [-0.15, -0.1) is 0 Å². The molecule has 1 aliphatic heterocycles. The summed E-state index contributed by atoms with van der Waals surface area (Å²) in [6.07, 6.45) is 4.04. The van der Waals surface area contributed by atoms with Crippen molar-refractivity contribution in [2.24, 2.45) is 0 Å². The zero-order valence-corrected chi connectivity index (χ0v) is 16.6. The minimum Gasteiger partial charge on any atom is -0.394 e. The summed E-state index contributed by atoms with van der Waals surface area (Å²) in [4.78, 5) is 10.1. The van der Waals surface area contributed by atoms with E-state index >= 15 is 0 Å². The average Bonchev–Trinajstić information content (AvgIpc) is 3.32. The summed E-state index contributed by atoms with van der Waals surface area (Å²) in [7, 11) is 1.88. The molecule has 4 atom stereocenters. The standard InChI is InChI=1S/C17H24Cl2N4O4/c1-23(15-11(20)14(18)21-16(19)22-15)9-8-10(25-7-6-24)13-12(9)26-17(27-13)4-2-3-5-17/h9-10,12-13,24H,2-8,20H2,1H3/t9-,10+,12+,13-/m1/s1. The molecule has 10 heteroatoms. The Bertz CT molecular complexity index is 704. The third kappa shape index (κ3) is 3.47. The van der Waals surface area contributed by atoms with Crippen LogP contribution in [0.15, 0.2) is 0 Å². The van der Waals surface area contributed by atoms with Crippen LogP contribution in [-0.4, -0.2) is 65.5 Å². The summed E-state index contributed by atoms with van der Waals surface area (Å²) in [5.41, 5.74) is 6.37. The number of anilines is 2. The monoisotopic (exact) mass is 418 g/mol. The number of hydrogen-bond donors (Lipinski definition) is 2. The molecule has 0 bridgehead atoms. The van der Waals surface area contributed by atoms with E-state index in [-0.39, 0.29) is 53.7 Å². The molecular weight excluding hydrogens is 395 g/mol.